The van der Waals surface area contributed by atoms with Crippen LogP contribution in [0.4, 0.5) is 0 Å². The predicted molar refractivity (Wildman–Crippen MR) is 46.6 cm³/mol. The Bertz CT molecular complexity index is 234. The molecule has 0 radical (unpaired) electrons. The number of amides is 1. The van der Waals surface area contributed by atoms with Gasteiger partial charge in [0.05, 0.1) is 18.7 Å². The Morgan fingerprint density at radius 3 is 3.08 bits per heavy atom. The maximum atomic E-state index is 11.5. The molecule has 0 aliphatic carbocycles. The second kappa shape index (κ2) is 4.24. The van der Waals surface area contributed by atoms with Crippen LogP contribution in [0.3, 0.4) is 0 Å². The Labute approximate surface area is 77.8 Å². The van der Waals surface area contributed by atoms with Crippen molar-refractivity contribution in [2.45, 2.75) is 25.8 Å². The maximum Gasteiger partial charge on any atom is 0.239 e. The maximum absolute atomic E-state index is 11.5. The third-order valence-corrected chi connectivity index (χ3v) is 2.44. The molecule has 1 fully saturated rings. The standard InChI is InChI=1S/C9H14N2O2/c1-7(5-10)9(13)11-4-2-3-8(11)6-12/h7-8,12H,2-4,6H2,1H3/t7?,8-/m0/s1. The fourth-order valence-corrected chi connectivity index (χ4v) is 1.62. The van der Waals surface area contributed by atoms with E-state index >= 15 is 0 Å². The van der Waals surface area contributed by atoms with Crippen molar-refractivity contribution < 1.29 is 9.90 Å². The monoisotopic (exact) mass is 182 g/mol. The van der Waals surface area contributed by atoms with Crippen molar-refractivity contribution in [3.05, 3.63) is 0 Å². The number of rotatable bonds is 2. The highest BCUT2D eigenvalue weighted by Crippen LogP contribution is 2.18. The lowest BCUT2D eigenvalue weighted by Crippen LogP contribution is -2.40. The summed E-state index contributed by atoms with van der Waals surface area (Å²) in [4.78, 5) is 13.2. The average molecular weight is 182 g/mol. The topological polar surface area (TPSA) is 64.3 Å². The van der Waals surface area contributed by atoms with Gasteiger partial charge in [-0.25, -0.2) is 0 Å². The minimum absolute atomic E-state index is 0.00386. The van der Waals surface area contributed by atoms with Gasteiger partial charge in [-0.1, -0.05) is 0 Å². The Kier molecular flexibility index (Phi) is 3.26. The fourth-order valence-electron chi connectivity index (χ4n) is 1.62. The molecule has 0 aromatic heterocycles. The number of hydrogen-bond donors (Lipinski definition) is 1. The van der Waals surface area contributed by atoms with Gasteiger partial charge in [0.15, 0.2) is 0 Å². The van der Waals surface area contributed by atoms with E-state index in [1.165, 1.54) is 0 Å². The number of aliphatic hydroxyl groups is 1. The fraction of sp³-hybridized carbons (Fsp3) is 0.778. The zero-order chi connectivity index (χ0) is 9.84. The van der Waals surface area contributed by atoms with Crippen LogP contribution in [0, 0.1) is 17.2 Å². The average Bonchev–Trinajstić information content (AvgIpc) is 2.62. The molecule has 1 N–H and O–H groups in total. The first kappa shape index (κ1) is 10.0. The largest absolute Gasteiger partial charge is 0.394 e. The molecule has 72 valence electrons. The smallest absolute Gasteiger partial charge is 0.239 e. The van der Waals surface area contributed by atoms with E-state index in [1.807, 2.05) is 6.07 Å². The lowest BCUT2D eigenvalue weighted by molar-refractivity contribution is -0.134. The number of likely N-dealkylation sites (tertiary alicyclic amines) is 1. The van der Waals surface area contributed by atoms with E-state index in [9.17, 15) is 4.79 Å². The van der Waals surface area contributed by atoms with Crippen molar-refractivity contribution in [1.82, 2.24) is 4.90 Å². The van der Waals surface area contributed by atoms with E-state index in [2.05, 4.69) is 0 Å². The normalized spacial score (nSPS) is 24.1. The molecular weight excluding hydrogens is 168 g/mol. The summed E-state index contributed by atoms with van der Waals surface area (Å²) in [7, 11) is 0. The van der Waals surface area contributed by atoms with Gasteiger partial charge in [-0.15, -0.1) is 0 Å². The van der Waals surface area contributed by atoms with Crippen molar-refractivity contribution in [2.75, 3.05) is 13.2 Å². The lowest BCUT2D eigenvalue weighted by atomic mass is 10.1. The Hall–Kier alpha value is -1.08. The third kappa shape index (κ3) is 1.99. The molecule has 4 heteroatoms. The Morgan fingerprint density at radius 1 is 1.85 bits per heavy atom. The van der Waals surface area contributed by atoms with Gasteiger partial charge >= 0.3 is 0 Å². The third-order valence-electron chi connectivity index (χ3n) is 2.44. The summed E-state index contributed by atoms with van der Waals surface area (Å²) >= 11 is 0. The summed E-state index contributed by atoms with van der Waals surface area (Å²) < 4.78 is 0. The van der Waals surface area contributed by atoms with Crippen LogP contribution in [0.1, 0.15) is 19.8 Å². The lowest BCUT2D eigenvalue weighted by Gasteiger charge is -2.23. The molecule has 1 unspecified atom stereocenters. The van der Waals surface area contributed by atoms with Crippen LogP contribution in [0.2, 0.25) is 0 Å². The minimum Gasteiger partial charge on any atom is -0.394 e. The van der Waals surface area contributed by atoms with Gasteiger partial charge in [0, 0.05) is 6.54 Å². The van der Waals surface area contributed by atoms with E-state index in [0.717, 1.165) is 12.8 Å². The Balaban J connectivity index is 2.61. The molecule has 4 nitrogen and oxygen atoms in total. The van der Waals surface area contributed by atoms with Gasteiger partial charge in [-0.3, -0.25) is 4.79 Å². The quantitative estimate of drug-likeness (QED) is 0.660. The summed E-state index contributed by atoms with van der Waals surface area (Å²) in [6.45, 7) is 2.27. The molecule has 1 aliphatic rings. The molecule has 0 aromatic rings. The van der Waals surface area contributed by atoms with Gasteiger partial charge in [-0.2, -0.15) is 5.26 Å². The van der Waals surface area contributed by atoms with Crippen molar-refractivity contribution >= 4 is 5.91 Å². The second-order valence-corrected chi connectivity index (χ2v) is 3.36. The molecule has 0 saturated carbocycles. The summed E-state index contributed by atoms with van der Waals surface area (Å²) in [5.41, 5.74) is 0. The van der Waals surface area contributed by atoms with Gasteiger partial charge in [-0.05, 0) is 19.8 Å². The van der Waals surface area contributed by atoms with E-state index in [4.69, 9.17) is 10.4 Å². The van der Waals surface area contributed by atoms with Crippen molar-refractivity contribution in [1.29, 1.82) is 5.26 Å². The number of aliphatic hydroxyl groups excluding tert-OH is 1. The SMILES string of the molecule is CC(C#N)C(=O)N1CCC[C@H]1CO. The molecule has 1 amide bonds. The van der Waals surface area contributed by atoms with Crippen LogP contribution < -0.4 is 0 Å². The van der Waals surface area contributed by atoms with E-state index in [1.54, 1.807) is 11.8 Å². The summed E-state index contributed by atoms with van der Waals surface area (Å²) in [5.74, 6) is -0.744. The summed E-state index contributed by atoms with van der Waals surface area (Å²) in [5, 5.41) is 17.5. The highest BCUT2D eigenvalue weighted by atomic mass is 16.3. The molecule has 1 saturated heterocycles. The molecule has 0 bridgehead atoms. The van der Waals surface area contributed by atoms with Gasteiger partial charge in [0.2, 0.25) is 5.91 Å². The van der Waals surface area contributed by atoms with E-state index < -0.39 is 5.92 Å². The van der Waals surface area contributed by atoms with Crippen molar-refractivity contribution in [3.8, 4) is 6.07 Å². The minimum atomic E-state index is -0.591. The summed E-state index contributed by atoms with van der Waals surface area (Å²) in [6.07, 6.45) is 1.77. The first-order valence-electron chi connectivity index (χ1n) is 4.51. The number of nitrogens with zero attached hydrogens (tertiary/aromatic N) is 2. The van der Waals surface area contributed by atoms with Crippen LogP contribution in [0.15, 0.2) is 0 Å². The second-order valence-electron chi connectivity index (χ2n) is 3.36. The van der Waals surface area contributed by atoms with Gasteiger partial charge < -0.3 is 10.0 Å². The van der Waals surface area contributed by atoms with Crippen LogP contribution in [0.5, 0.6) is 0 Å². The molecule has 0 aromatic carbocycles. The van der Waals surface area contributed by atoms with Crippen LogP contribution >= 0.6 is 0 Å². The number of hydrogen-bond acceptors (Lipinski definition) is 3. The number of carbonyl (C=O) groups is 1. The summed E-state index contributed by atoms with van der Waals surface area (Å²) in [6, 6.07) is 1.85. The van der Waals surface area contributed by atoms with Crippen molar-refractivity contribution in [3.63, 3.8) is 0 Å². The van der Waals surface area contributed by atoms with Crippen LogP contribution in [0.25, 0.3) is 0 Å². The number of carbonyl (C=O) groups excluding carboxylic acids is 1. The van der Waals surface area contributed by atoms with Gasteiger partial charge in [0.1, 0.15) is 5.92 Å². The number of nitriles is 1. The molecule has 1 rings (SSSR count). The predicted octanol–water partition coefficient (Wildman–Crippen LogP) is 0.129. The highest BCUT2D eigenvalue weighted by Gasteiger charge is 2.30. The van der Waals surface area contributed by atoms with E-state index in [-0.39, 0.29) is 18.6 Å². The van der Waals surface area contributed by atoms with Gasteiger partial charge in [0.25, 0.3) is 0 Å². The molecule has 1 aliphatic heterocycles. The highest BCUT2D eigenvalue weighted by molar-refractivity contribution is 5.81. The Morgan fingerprint density at radius 2 is 2.54 bits per heavy atom. The molecule has 0 spiro atoms. The first-order valence-corrected chi connectivity index (χ1v) is 4.51. The zero-order valence-electron chi connectivity index (χ0n) is 7.73. The first-order chi connectivity index (χ1) is 6.20. The molecule has 2 atom stereocenters. The van der Waals surface area contributed by atoms with Crippen LogP contribution in [-0.2, 0) is 4.79 Å². The molecule has 13 heavy (non-hydrogen) atoms. The zero-order valence-corrected chi connectivity index (χ0v) is 7.73. The molecular formula is C9H14N2O2. The molecule has 1 heterocycles. The van der Waals surface area contributed by atoms with Crippen LogP contribution in [-0.4, -0.2) is 35.1 Å². The van der Waals surface area contributed by atoms with Crippen molar-refractivity contribution in [2.24, 2.45) is 5.92 Å². The van der Waals surface area contributed by atoms with E-state index in [0.29, 0.717) is 6.54 Å².